The molecule has 1 aliphatic heterocycles. The number of esters is 1. The number of likely N-dealkylation sites (N-methyl/N-ethyl adjacent to an activating group) is 1. The van der Waals surface area contributed by atoms with Crippen LogP contribution in [0.1, 0.15) is 30.7 Å². The Balaban J connectivity index is 1.89. The molecule has 0 spiro atoms. The van der Waals surface area contributed by atoms with E-state index in [0.717, 1.165) is 35.1 Å². The molecule has 0 amide bonds. The molecule has 2 N–H and O–H groups in total. The van der Waals surface area contributed by atoms with Crippen molar-refractivity contribution in [2.24, 2.45) is 11.8 Å². The van der Waals surface area contributed by atoms with Crippen molar-refractivity contribution in [3.05, 3.63) is 47.2 Å². The Morgan fingerprint density at radius 3 is 2.88 bits per heavy atom. The van der Waals surface area contributed by atoms with Crippen LogP contribution in [0.25, 0.3) is 10.9 Å². The highest BCUT2D eigenvalue weighted by Crippen LogP contribution is 2.44. The molecule has 2 bridgehead atoms. The van der Waals surface area contributed by atoms with Crippen molar-refractivity contribution >= 4 is 16.9 Å². The van der Waals surface area contributed by atoms with Gasteiger partial charge in [-0.1, -0.05) is 29.8 Å². The molecular weight excluding hydrogens is 328 g/mol. The third-order valence-electron chi connectivity index (χ3n) is 6.24. The predicted octanol–water partition coefficient (Wildman–Crippen LogP) is 2.81. The highest BCUT2D eigenvalue weighted by molar-refractivity contribution is 5.85. The molecule has 5 nitrogen and oxygen atoms in total. The number of fused-ring (bicyclic) bond motifs is 5. The number of carbonyl (C=O) groups is 1. The number of rotatable bonds is 1. The number of nitrogens with one attached hydrogen (secondary N) is 1. The topological polar surface area (TPSA) is 65.6 Å². The van der Waals surface area contributed by atoms with Crippen LogP contribution in [0.4, 0.5) is 0 Å². The lowest BCUT2D eigenvalue weighted by Gasteiger charge is -2.46. The Kier molecular flexibility index (Phi) is 4.37. The van der Waals surface area contributed by atoms with E-state index in [0.29, 0.717) is 6.42 Å². The third-order valence-corrected chi connectivity index (χ3v) is 6.24. The number of carbonyl (C=O) groups excluding carboxylic acids is 1. The van der Waals surface area contributed by atoms with E-state index in [1.807, 2.05) is 25.1 Å². The number of aromatic amines is 1. The lowest BCUT2D eigenvalue weighted by Crippen LogP contribution is -2.53. The van der Waals surface area contributed by atoms with Gasteiger partial charge in [-0.2, -0.15) is 0 Å². The van der Waals surface area contributed by atoms with E-state index in [1.54, 1.807) is 0 Å². The molecule has 1 fully saturated rings. The fourth-order valence-electron chi connectivity index (χ4n) is 4.93. The summed E-state index contributed by atoms with van der Waals surface area (Å²) in [6.07, 6.45) is 2.73. The average Bonchev–Trinajstić information content (AvgIpc) is 3.01. The van der Waals surface area contributed by atoms with E-state index in [-0.39, 0.29) is 23.8 Å². The number of aromatic nitrogens is 1. The van der Waals surface area contributed by atoms with Gasteiger partial charge in [-0.05, 0) is 44.4 Å². The van der Waals surface area contributed by atoms with Crippen molar-refractivity contribution in [2.75, 3.05) is 20.7 Å². The van der Waals surface area contributed by atoms with Crippen LogP contribution >= 0.6 is 0 Å². The lowest BCUT2D eigenvalue weighted by atomic mass is 9.70. The number of likely N-dealkylation sites (tertiary alicyclic amines) is 1. The second-order valence-corrected chi connectivity index (χ2v) is 7.52. The second-order valence-electron chi connectivity index (χ2n) is 7.52. The van der Waals surface area contributed by atoms with Crippen LogP contribution in [0.3, 0.4) is 0 Å². The van der Waals surface area contributed by atoms with Crippen LogP contribution in [0, 0.1) is 11.8 Å². The number of methoxy groups -OCH3 is 1. The minimum absolute atomic E-state index is 0.00297. The number of nitrogens with zero attached hydrogens (tertiary/aromatic N) is 1. The lowest BCUT2D eigenvalue weighted by molar-refractivity contribution is -0.151. The fourth-order valence-corrected chi connectivity index (χ4v) is 4.93. The Labute approximate surface area is 153 Å². The summed E-state index contributed by atoms with van der Waals surface area (Å²) in [4.78, 5) is 18.4. The van der Waals surface area contributed by atoms with Gasteiger partial charge < -0.3 is 14.8 Å². The summed E-state index contributed by atoms with van der Waals surface area (Å²) >= 11 is 0. The van der Waals surface area contributed by atoms with E-state index in [9.17, 15) is 9.90 Å². The fraction of sp³-hybridized carbons (Fsp3) is 0.476. The number of H-pyrrole nitrogens is 1. The molecule has 5 heteroatoms. The van der Waals surface area contributed by atoms with Crippen LogP contribution in [0.2, 0.25) is 0 Å². The molecule has 2 aliphatic rings. The largest absolute Gasteiger partial charge is 0.469 e. The zero-order valence-corrected chi connectivity index (χ0v) is 15.5. The monoisotopic (exact) mass is 354 g/mol. The molecule has 1 aromatic carbocycles. The van der Waals surface area contributed by atoms with E-state index in [1.165, 1.54) is 12.7 Å². The Bertz CT molecular complexity index is 869. The van der Waals surface area contributed by atoms with Crippen molar-refractivity contribution in [2.45, 2.75) is 31.9 Å². The zero-order chi connectivity index (χ0) is 18.4. The summed E-state index contributed by atoms with van der Waals surface area (Å²) in [5.41, 5.74) is 4.27. The molecule has 26 heavy (non-hydrogen) atoms. The number of ether oxygens (including phenoxy) is 1. The Morgan fingerprint density at radius 2 is 2.15 bits per heavy atom. The summed E-state index contributed by atoms with van der Waals surface area (Å²) in [6, 6.07) is 8.20. The van der Waals surface area contributed by atoms with E-state index >= 15 is 0 Å². The highest BCUT2D eigenvalue weighted by Gasteiger charge is 2.46. The maximum Gasteiger partial charge on any atom is 0.310 e. The first kappa shape index (κ1) is 17.3. The number of hydrogen-bond acceptors (Lipinski definition) is 4. The standard InChI is InChI=1S/C21H26N2O3/c1-4-12-11-23(2)17-9-15-13-7-5-6-8-16(13)22-20(15)18(24)10-14(12)19(17)21(25)26-3/h4-8,14,17-19,22,24H,9-11H2,1-3H3/b12-4-/t14-,17-,18+,19-/m0/s1. The van der Waals surface area contributed by atoms with Gasteiger partial charge in [0.05, 0.1) is 19.1 Å². The summed E-state index contributed by atoms with van der Waals surface area (Å²) in [6.45, 7) is 2.83. The van der Waals surface area contributed by atoms with Crippen LogP contribution in [0.5, 0.6) is 0 Å². The van der Waals surface area contributed by atoms with Gasteiger partial charge in [0, 0.05) is 29.2 Å². The van der Waals surface area contributed by atoms with Gasteiger partial charge in [0.15, 0.2) is 0 Å². The van der Waals surface area contributed by atoms with Gasteiger partial charge in [-0.25, -0.2) is 0 Å². The van der Waals surface area contributed by atoms with Crippen molar-refractivity contribution in [3.63, 3.8) is 0 Å². The van der Waals surface area contributed by atoms with E-state index in [4.69, 9.17) is 4.74 Å². The summed E-state index contributed by atoms with van der Waals surface area (Å²) < 4.78 is 5.17. The molecule has 1 aliphatic carbocycles. The van der Waals surface area contributed by atoms with Crippen molar-refractivity contribution < 1.29 is 14.6 Å². The SMILES string of the molecule is C/C=C1/CN(C)[C@H]2Cc3c([nH]c4ccccc34)[C@H](O)C[C@@H]1[C@@H]2C(=O)OC. The number of para-hydroxylation sites is 1. The highest BCUT2D eigenvalue weighted by atomic mass is 16.5. The minimum atomic E-state index is -0.617. The number of piperidine rings is 1. The molecule has 0 radical (unpaired) electrons. The average molecular weight is 354 g/mol. The number of benzene rings is 1. The van der Waals surface area contributed by atoms with Crippen molar-refractivity contribution in [1.82, 2.24) is 9.88 Å². The number of allylic oxidation sites excluding steroid dienone is 1. The van der Waals surface area contributed by atoms with Crippen molar-refractivity contribution in [3.8, 4) is 0 Å². The van der Waals surface area contributed by atoms with Crippen molar-refractivity contribution in [1.29, 1.82) is 0 Å². The van der Waals surface area contributed by atoms with Gasteiger partial charge in [0.2, 0.25) is 0 Å². The van der Waals surface area contributed by atoms with Crippen LogP contribution in [0.15, 0.2) is 35.9 Å². The number of aliphatic hydroxyl groups excluding tert-OH is 1. The quantitative estimate of drug-likeness (QED) is 0.610. The molecule has 138 valence electrons. The van der Waals surface area contributed by atoms with E-state index < -0.39 is 6.10 Å². The smallest absolute Gasteiger partial charge is 0.310 e. The van der Waals surface area contributed by atoms with Gasteiger partial charge in [-0.15, -0.1) is 0 Å². The molecule has 1 saturated heterocycles. The van der Waals surface area contributed by atoms with Gasteiger partial charge in [0.1, 0.15) is 0 Å². The van der Waals surface area contributed by atoms with Crippen LogP contribution < -0.4 is 0 Å². The first-order chi connectivity index (χ1) is 12.5. The Hall–Kier alpha value is -2.11. The third kappa shape index (κ3) is 2.58. The first-order valence-corrected chi connectivity index (χ1v) is 9.25. The summed E-state index contributed by atoms with van der Waals surface area (Å²) in [7, 11) is 3.53. The first-order valence-electron chi connectivity index (χ1n) is 9.25. The maximum absolute atomic E-state index is 12.7. The summed E-state index contributed by atoms with van der Waals surface area (Å²) in [5.74, 6) is -0.439. The van der Waals surface area contributed by atoms with Crippen LogP contribution in [-0.4, -0.2) is 47.7 Å². The maximum atomic E-state index is 12.7. The zero-order valence-electron chi connectivity index (χ0n) is 15.5. The number of aliphatic hydroxyl groups is 1. The normalized spacial score (nSPS) is 30.7. The molecule has 0 saturated carbocycles. The number of hydrogen-bond donors (Lipinski definition) is 2. The molecule has 2 aromatic rings. The molecule has 2 heterocycles. The second kappa shape index (κ2) is 6.56. The van der Waals surface area contributed by atoms with E-state index in [2.05, 4.69) is 29.1 Å². The minimum Gasteiger partial charge on any atom is -0.469 e. The Morgan fingerprint density at radius 1 is 1.38 bits per heavy atom. The molecule has 4 atom stereocenters. The molecule has 4 rings (SSSR count). The van der Waals surface area contributed by atoms with Gasteiger partial charge in [0.25, 0.3) is 0 Å². The van der Waals surface area contributed by atoms with Gasteiger partial charge in [-0.3, -0.25) is 9.69 Å². The molecule has 0 unspecified atom stereocenters. The molecular formula is C21H26N2O3. The van der Waals surface area contributed by atoms with Gasteiger partial charge >= 0.3 is 5.97 Å². The molecule has 1 aromatic heterocycles. The van der Waals surface area contributed by atoms with Crippen LogP contribution in [-0.2, 0) is 16.0 Å². The summed E-state index contributed by atoms with van der Waals surface area (Å²) in [5, 5.41) is 12.1. The predicted molar refractivity (Wildman–Crippen MR) is 101 cm³/mol.